The van der Waals surface area contributed by atoms with Gasteiger partial charge in [-0.25, -0.2) is 4.98 Å². The predicted octanol–water partition coefficient (Wildman–Crippen LogP) is 3.65. The number of benzene rings is 1. The molecule has 0 spiro atoms. The van der Waals surface area contributed by atoms with E-state index in [-0.39, 0.29) is 5.75 Å². The molecular weight excluding hydrogens is 281 g/mol. The summed E-state index contributed by atoms with van der Waals surface area (Å²) in [6, 6.07) is 8.35. The Morgan fingerprint density at radius 3 is 2.67 bits per heavy atom. The molecule has 3 rings (SSSR count). The molecule has 3 aromatic rings. The second-order valence-electron chi connectivity index (χ2n) is 4.76. The maximum atomic E-state index is 12.7. The molecule has 2 aromatic heterocycles. The molecule has 108 valence electrons. The Labute approximate surface area is 118 Å². The van der Waals surface area contributed by atoms with Crippen LogP contribution in [-0.4, -0.2) is 14.5 Å². The van der Waals surface area contributed by atoms with E-state index in [0.717, 1.165) is 12.1 Å². The number of pyridine rings is 1. The summed E-state index contributed by atoms with van der Waals surface area (Å²) in [4.78, 5) is 4.31. The molecule has 0 saturated carbocycles. The summed E-state index contributed by atoms with van der Waals surface area (Å²) in [7, 11) is 0. The van der Waals surface area contributed by atoms with Crippen LogP contribution in [0.5, 0.6) is 5.75 Å². The summed E-state index contributed by atoms with van der Waals surface area (Å²) in [5.74, 6) is 0.102. The first-order chi connectivity index (χ1) is 9.91. The summed E-state index contributed by atoms with van der Waals surface area (Å²) < 4.78 is 39.7. The van der Waals surface area contributed by atoms with E-state index >= 15 is 0 Å². The third-order valence-electron chi connectivity index (χ3n) is 3.12. The molecule has 1 aromatic carbocycles. The van der Waals surface area contributed by atoms with Gasteiger partial charge in [0.15, 0.2) is 0 Å². The monoisotopic (exact) mass is 292 g/mol. The summed E-state index contributed by atoms with van der Waals surface area (Å²) in [6.07, 6.45) is -0.861. The van der Waals surface area contributed by atoms with E-state index in [1.807, 2.05) is 0 Å². The van der Waals surface area contributed by atoms with Gasteiger partial charge in [0, 0.05) is 12.6 Å². The van der Waals surface area contributed by atoms with E-state index in [2.05, 4.69) is 4.98 Å². The van der Waals surface area contributed by atoms with Gasteiger partial charge in [-0.3, -0.25) is 0 Å². The number of halogens is 3. The number of rotatable bonds is 2. The van der Waals surface area contributed by atoms with Crippen LogP contribution in [0.3, 0.4) is 0 Å². The van der Waals surface area contributed by atoms with Crippen molar-refractivity contribution < 1.29 is 18.3 Å². The highest BCUT2D eigenvalue weighted by atomic mass is 19.4. The lowest BCUT2D eigenvalue weighted by Gasteiger charge is -2.07. The standard InChI is InChI=1S/C15H11F3N2O/c16-15(17,18)11-3-1-2-10(6-11)7-12-8-20-9-13(21)4-5-14(20)19-12/h1-6,8-9,21H,7H2. The number of imidazole rings is 1. The normalized spacial score (nSPS) is 12.0. The minimum absolute atomic E-state index is 0.102. The van der Waals surface area contributed by atoms with Crippen molar-refractivity contribution >= 4 is 5.65 Å². The molecule has 3 nitrogen and oxygen atoms in total. The minimum atomic E-state index is -4.35. The smallest absolute Gasteiger partial charge is 0.416 e. The molecule has 0 radical (unpaired) electrons. The predicted molar refractivity (Wildman–Crippen MR) is 71.1 cm³/mol. The van der Waals surface area contributed by atoms with Gasteiger partial charge < -0.3 is 9.51 Å². The quantitative estimate of drug-likeness (QED) is 0.783. The van der Waals surface area contributed by atoms with Gasteiger partial charge in [0.25, 0.3) is 0 Å². The van der Waals surface area contributed by atoms with Gasteiger partial charge >= 0.3 is 6.18 Å². The zero-order chi connectivity index (χ0) is 15.0. The Morgan fingerprint density at radius 1 is 1.10 bits per heavy atom. The molecule has 0 bridgehead atoms. The van der Waals surface area contributed by atoms with Crippen molar-refractivity contribution in [1.29, 1.82) is 0 Å². The zero-order valence-electron chi connectivity index (χ0n) is 10.8. The molecule has 0 aliphatic rings. The highest BCUT2D eigenvalue weighted by molar-refractivity contribution is 5.43. The van der Waals surface area contributed by atoms with E-state index in [9.17, 15) is 18.3 Å². The molecule has 1 N–H and O–H groups in total. The highest BCUT2D eigenvalue weighted by Crippen LogP contribution is 2.30. The molecule has 0 fully saturated rings. The molecule has 0 unspecified atom stereocenters. The molecule has 6 heteroatoms. The van der Waals surface area contributed by atoms with Crippen LogP contribution in [0.1, 0.15) is 16.8 Å². The summed E-state index contributed by atoms with van der Waals surface area (Å²) in [6.45, 7) is 0. The topological polar surface area (TPSA) is 37.5 Å². The zero-order valence-corrected chi connectivity index (χ0v) is 10.8. The van der Waals surface area contributed by atoms with Crippen LogP contribution in [-0.2, 0) is 12.6 Å². The van der Waals surface area contributed by atoms with Gasteiger partial charge in [-0.1, -0.05) is 18.2 Å². The van der Waals surface area contributed by atoms with E-state index in [1.165, 1.54) is 18.3 Å². The second-order valence-corrected chi connectivity index (χ2v) is 4.76. The van der Waals surface area contributed by atoms with E-state index in [0.29, 0.717) is 23.3 Å². The van der Waals surface area contributed by atoms with Crippen LogP contribution in [0.4, 0.5) is 13.2 Å². The number of hydrogen-bond donors (Lipinski definition) is 1. The van der Waals surface area contributed by atoms with Gasteiger partial charge in [-0.15, -0.1) is 0 Å². The first kappa shape index (κ1) is 13.5. The molecule has 0 aliphatic heterocycles. The molecular formula is C15H11F3N2O. The maximum absolute atomic E-state index is 12.7. The van der Waals surface area contributed by atoms with Crippen LogP contribution in [0.25, 0.3) is 5.65 Å². The van der Waals surface area contributed by atoms with Crippen molar-refractivity contribution in [2.45, 2.75) is 12.6 Å². The van der Waals surface area contributed by atoms with Crippen LogP contribution in [0, 0.1) is 0 Å². The van der Waals surface area contributed by atoms with Crippen molar-refractivity contribution in [2.24, 2.45) is 0 Å². The van der Waals surface area contributed by atoms with Crippen LogP contribution in [0.15, 0.2) is 48.8 Å². The van der Waals surface area contributed by atoms with Crippen LogP contribution in [0.2, 0.25) is 0 Å². The Kier molecular flexibility index (Phi) is 3.08. The SMILES string of the molecule is Oc1ccc2nc(Cc3cccc(C(F)(F)F)c3)cn2c1. The Hall–Kier alpha value is -2.50. The number of alkyl halides is 3. The van der Waals surface area contributed by atoms with Crippen molar-refractivity contribution in [3.8, 4) is 5.75 Å². The molecule has 0 atom stereocenters. The molecule has 0 aliphatic carbocycles. The lowest BCUT2D eigenvalue weighted by Crippen LogP contribution is -2.05. The average Bonchev–Trinajstić information content (AvgIpc) is 2.79. The number of aromatic nitrogens is 2. The van der Waals surface area contributed by atoms with Gasteiger partial charge in [0.05, 0.1) is 17.5 Å². The fourth-order valence-electron chi connectivity index (χ4n) is 2.18. The fourth-order valence-corrected chi connectivity index (χ4v) is 2.18. The summed E-state index contributed by atoms with van der Waals surface area (Å²) in [5, 5.41) is 9.38. The van der Waals surface area contributed by atoms with Crippen molar-refractivity contribution in [3.05, 3.63) is 65.6 Å². The average molecular weight is 292 g/mol. The maximum Gasteiger partial charge on any atom is 0.416 e. The molecule has 2 heterocycles. The number of fused-ring (bicyclic) bond motifs is 1. The van der Waals surface area contributed by atoms with Crippen molar-refractivity contribution in [2.75, 3.05) is 0 Å². The van der Waals surface area contributed by atoms with Gasteiger partial charge in [-0.05, 0) is 23.8 Å². The number of aromatic hydroxyl groups is 1. The second kappa shape index (κ2) is 4.80. The minimum Gasteiger partial charge on any atom is -0.506 e. The van der Waals surface area contributed by atoms with Crippen molar-refractivity contribution in [1.82, 2.24) is 9.38 Å². The Morgan fingerprint density at radius 2 is 1.90 bits per heavy atom. The van der Waals surface area contributed by atoms with E-state index in [4.69, 9.17) is 0 Å². The number of nitrogens with zero attached hydrogens (tertiary/aromatic N) is 2. The fraction of sp³-hybridized carbons (Fsp3) is 0.133. The highest BCUT2D eigenvalue weighted by Gasteiger charge is 2.30. The molecule has 0 amide bonds. The van der Waals surface area contributed by atoms with Gasteiger partial charge in [-0.2, -0.15) is 13.2 Å². The van der Waals surface area contributed by atoms with Crippen molar-refractivity contribution in [3.63, 3.8) is 0 Å². The van der Waals surface area contributed by atoms with E-state index in [1.54, 1.807) is 22.7 Å². The third kappa shape index (κ3) is 2.84. The first-order valence-corrected chi connectivity index (χ1v) is 6.24. The lowest BCUT2D eigenvalue weighted by atomic mass is 10.1. The largest absolute Gasteiger partial charge is 0.506 e. The van der Waals surface area contributed by atoms with Gasteiger partial charge in [0.2, 0.25) is 0 Å². The Bertz CT molecular complexity index is 793. The molecule has 0 saturated heterocycles. The lowest BCUT2D eigenvalue weighted by molar-refractivity contribution is -0.137. The first-order valence-electron chi connectivity index (χ1n) is 6.24. The van der Waals surface area contributed by atoms with Crippen LogP contribution < -0.4 is 0 Å². The van der Waals surface area contributed by atoms with E-state index < -0.39 is 11.7 Å². The molecule has 21 heavy (non-hydrogen) atoms. The summed E-state index contributed by atoms with van der Waals surface area (Å²) in [5.41, 5.74) is 1.15. The van der Waals surface area contributed by atoms with Crippen LogP contribution >= 0.6 is 0 Å². The third-order valence-corrected chi connectivity index (χ3v) is 3.12. The summed E-state index contributed by atoms with van der Waals surface area (Å²) >= 11 is 0. The number of hydrogen-bond acceptors (Lipinski definition) is 2. The van der Waals surface area contributed by atoms with Gasteiger partial charge in [0.1, 0.15) is 11.4 Å². The Balaban J connectivity index is 1.91.